The van der Waals surface area contributed by atoms with E-state index in [2.05, 4.69) is 10.2 Å². The maximum absolute atomic E-state index is 13.6. The standard InChI is InChI=1S/C9H3F4IN2O/c10-6-4(7-15-16-8(14)17-7)2-1-3-5(6)9(11,12)13/h1-3H. The summed E-state index contributed by atoms with van der Waals surface area (Å²) in [5.74, 6) is -1.70. The average Bonchev–Trinajstić information content (AvgIpc) is 2.63. The zero-order valence-electron chi connectivity index (χ0n) is 7.92. The molecule has 1 aromatic heterocycles. The Labute approximate surface area is 106 Å². The lowest BCUT2D eigenvalue weighted by Gasteiger charge is -2.08. The predicted molar refractivity (Wildman–Crippen MR) is 57.4 cm³/mol. The molecule has 1 aromatic carbocycles. The van der Waals surface area contributed by atoms with Gasteiger partial charge in [-0.1, -0.05) is 6.07 Å². The van der Waals surface area contributed by atoms with Crippen LogP contribution in [-0.4, -0.2) is 10.2 Å². The molecule has 0 aliphatic carbocycles. The summed E-state index contributed by atoms with van der Waals surface area (Å²) in [5, 5.41) is 6.89. The van der Waals surface area contributed by atoms with E-state index in [0.717, 1.165) is 12.1 Å². The smallest absolute Gasteiger partial charge is 0.412 e. The van der Waals surface area contributed by atoms with Gasteiger partial charge >= 0.3 is 6.18 Å². The molecule has 0 spiro atoms. The lowest BCUT2D eigenvalue weighted by atomic mass is 10.1. The number of hydrogen-bond donors (Lipinski definition) is 0. The summed E-state index contributed by atoms with van der Waals surface area (Å²) in [6.07, 6.45) is -4.76. The molecule has 1 heterocycles. The van der Waals surface area contributed by atoms with Crippen molar-refractivity contribution < 1.29 is 22.0 Å². The number of nitrogens with zero attached hydrogens (tertiary/aromatic N) is 2. The minimum atomic E-state index is -4.76. The van der Waals surface area contributed by atoms with Crippen LogP contribution in [0.25, 0.3) is 11.5 Å². The molecule has 3 nitrogen and oxygen atoms in total. The average molecular weight is 358 g/mol. The van der Waals surface area contributed by atoms with Crippen molar-refractivity contribution in [2.24, 2.45) is 0 Å². The Morgan fingerprint density at radius 2 is 1.88 bits per heavy atom. The molecule has 0 aliphatic heterocycles. The zero-order chi connectivity index (χ0) is 12.6. The van der Waals surface area contributed by atoms with Crippen molar-refractivity contribution in [2.75, 3.05) is 0 Å². The summed E-state index contributed by atoms with van der Waals surface area (Å²) >= 11 is 1.68. The Kier molecular flexibility index (Phi) is 3.06. The molecular formula is C9H3F4IN2O. The van der Waals surface area contributed by atoms with E-state index in [1.807, 2.05) is 0 Å². The van der Waals surface area contributed by atoms with Gasteiger partial charge < -0.3 is 4.42 Å². The highest BCUT2D eigenvalue weighted by molar-refractivity contribution is 14.1. The Bertz CT molecular complexity index is 552. The van der Waals surface area contributed by atoms with Crippen molar-refractivity contribution in [3.8, 4) is 11.5 Å². The summed E-state index contributed by atoms with van der Waals surface area (Å²) in [4.78, 5) is 0. The van der Waals surface area contributed by atoms with Crippen LogP contribution in [0.3, 0.4) is 0 Å². The first-order chi connectivity index (χ1) is 7.89. The normalized spacial score (nSPS) is 11.8. The summed E-state index contributed by atoms with van der Waals surface area (Å²) in [6, 6.07) is 2.88. The van der Waals surface area contributed by atoms with E-state index >= 15 is 0 Å². The van der Waals surface area contributed by atoms with Crippen molar-refractivity contribution in [1.29, 1.82) is 0 Å². The van der Waals surface area contributed by atoms with E-state index in [9.17, 15) is 17.6 Å². The van der Waals surface area contributed by atoms with Gasteiger partial charge in [-0.2, -0.15) is 13.2 Å². The van der Waals surface area contributed by atoms with Gasteiger partial charge in [0, 0.05) is 22.6 Å². The molecule has 0 unspecified atom stereocenters. The fourth-order valence-corrected chi connectivity index (χ4v) is 1.55. The summed E-state index contributed by atoms with van der Waals surface area (Å²) in [6.45, 7) is 0. The first-order valence-corrected chi connectivity index (χ1v) is 5.32. The zero-order valence-corrected chi connectivity index (χ0v) is 10.1. The molecule has 0 atom stereocenters. The van der Waals surface area contributed by atoms with Gasteiger partial charge in [-0.3, -0.25) is 0 Å². The van der Waals surface area contributed by atoms with Gasteiger partial charge in [-0.05, 0) is 12.1 Å². The van der Waals surface area contributed by atoms with Gasteiger partial charge in [-0.25, -0.2) is 4.39 Å². The van der Waals surface area contributed by atoms with Gasteiger partial charge in [0.25, 0.3) is 9.79 Å². The van der Waals surface area contributed by atoms with E-state index in [1.54, 1.807) is 22.6 Å². The topological polar surface area (TPSA) is 38.9 Å². The summed E-state index contributed by atoms with van der Waals surface area (Å²) in [5.41, 5.74) is -1.72. The van der Waals surface area contributed by atoms with Gasteiger partial charge in [-0.15, -0.1) is 10.2 Å². The molecule has 2 aromatic rings. The number of aromatic nitrogens is 2. The summed E-state index contributed by atoms with van der Waals surface area (Å²) < 4.78 is 55.9. The highest BCUT2D eigenvalue weighted by atomic mass is 127. The highest BCUT2D eigenvalue weighted by Crippen LogP contribution is 2.35. The molecule has 8 heteroatoms. The molecule has 0 bridgehead atoms. The van der Waals surface area contributed by atoms with Crippen LogP contribution >= 0.6 is 22.6 Å². The molecule has 0 amide bonds. The number of hydrogen-bond acceptors (Lipinski definition) is 3. The highest BCUT2D eigenvalue weighted by Gasteiger charge is 2.35. The molecule has 0 N–H and O–H groups in total. The van der Waals surface area contributed by atoms with Gasteiger partial charge in [0.05, 0.1) is 11.1 Å². The quantitative estimate of drug-likeness (QED) is 0.579. The largest absolute Gasteiger partial charge is 0.419 e. The van der Waals surface area contributed by atoms with Crippen molar-refractivity contribution in [3.63, 3.8) is 0 Å². The van der Waals surface area contributed by atoms with Crippen LogP contribution in [0.5, 0.6) is 0 Å². The molecule has 17 heavy (non-hydrogen) atoms. The van der Waals surface area contributed by atoms with Crippen LogP contribution in [0.4, 0.5) is 17.6 Å². The number of benzene rings is 1. The van der Waals surface area contributed by atoms with Crippen LogP contribution < -0.4 is 0 Å². The van der Waals surface area contributed by atoms with E-state index in [4.69, 9.17) is 4.42 Å². The second-order valence-electron chi connectivity index (χ2n) is 3.03. The molecule has 0 aliphatic rings. The fraction of sp³-hybridized carbons (Fsp3) is 0.111. The minimum Gasteiger partial charge on any atom is -0.412 e. The van der Waals surface area contributed by atoms with Gasteiger partial charge in [0.15, 0.2) is 0 Å². The monoisotopic (exact) mass is 358 g/mol. The van der Waals surface area contributed by atoms with Crippen LogP contribution in [0.15, 0.2) is 22.6 Å². The molecule has 0 radical (unpaired) electrons. The second kappa shape index (κ2) is 4.24. The van der Waals surface area contributed by atoms with Crippen molar-refractivity contribution >= 4 is 22.6 Å². The van der Waals surface area contributed by atoms with Gasteiger partial charge in [0.2, 0.25) is 0 Å². The molecule has 2 rings (SSSR count). The first-order valence-electron chi connectivity index (χ1n) is 4.24. The minimum absolute atomic E-state index is 0.120. The fourth-order valence-electron chi connectivity index (χ4n) is 1.23. The maximum atomic E-state index is 13.6. The van der Waals surface area contributed by atoms with E-state index in [0.29, 0.717) is 6.07 Å². The van der Waals surface area contributed by atoms with Crippen LogP contribution in [0, 0.1) is 9.71 Å². The molecule has 0 saturated heterocycles. The van der Waals surface area contributed by atoms with E-state index in [1.165, 1.54) is 0 Å². The first kappa shape index (κ1) is 12.3. The Balaban J connectivity index is 2.57. The van der Waals surface area contributed by atoms with Crippen LogP contribution in [-0.2, 0) is 6.18 Å². The third kappa shape index (κ3) is 2.40. The van der Waals surface area contributed by atoms with Crippen LogP contribution in [0.1, 0.15) is 5.56 Å². The van der Waals surface area contributed by atoms with Crippen molar-refractivity contribution in [1.82, 2.24) is 10.2 Å². The van der Waals surface area contributed by atoms with Gasteiger partial charge in [0.1, 0.15) is 5.82 Å². The van der Waals surface area contributed by atoms with Crippen LogP contribution in [0.2, 0.25) is 0 Å². The maximum Gasteiger partial charge on any atom is 0.419 e. The Morgan fingerprint density at radius 3 is 2.41 bits per heavy atom. The Morgan fingerprint density at radius 1 is 1.18 bits per heavy atom. The molecular weight excluding hydrogens is 355 g/mol. The molecule has 0 saturated carbocycles. The predicted octanol–water partition coefficient (Wildman–Crippen LogP) is 3.50. The second-order valence-corrected chi connectivity index (χ2v) is 3.95. The lowest BCUT2D eigenvalue weighted by molar-refractivity contribution is -0.139. The van der Waals surface area contributed by atoms with Crippen molar-refractivity contribution in [2.45, 2.75) is 6.18 Å². The SMILES string of the molecule is Fc1c(-c2nnc(I)o2)cccc1C(F)(F)F. The van der Waals surface area contributed by atoms with E-state index < -0.39 is 17.6 Å². The lowest BCUT2D eigenvalue weighted by Crippen LogP contribution is -2.08. The third-order valence-electron chi connectivity index (χ3n) is 1.93. The Hall–Kier alpha value is -1.19. The summed E-state index contributed by atoms with van der Waals surface area (Å²) in [7, 11) is 0. The number of halogens is 5. The van der Waals surface area contributed by atoms with Crippen molar-refractivity contribution in [3.05, 3.63) is 33.5 Å². The number of rotatable bonds is 1. The van der Waals surface area contributed by atoms with E-state index in [-0.39, 0.29) is 15.4 Å². The molecule has 0 fully saturated rings. The molecule has 90 valence electrons. The third-order valence-corrected chi connectivity index (χ3v) is 2.37. The number of alkyl halides is 3.